The summed E-state index contributed by atoms with van der Waals surface area (Å²) in [5, 5.41) is 51.0. The van der Waals surface area contributed by atoms with Crippen LogP contribution in [0.3, 0.4) is 0 Å². The van der Waals surface area contributed by atoms with E-state index in [2.05, 4.69) is 47.9 Å². The van der Waals surface area contributed by atoms with Crippen LogP contribution >= 0.6 is 0 Å². The smallest absolute Gasteiger partial charge is 0.325 e. The van der Waals surface area contributed by atoms with Crippen LogP contribution in [0.1, 0.15) is 120 Å². The molecule has 25 heteroatoms. The number of hydrogen-bond acceptors (Lipinski definition) is 13. The van der Waals surface area contributed by atoms with Crippen molar-refractivity contribution in [2.75, 3.05) is 13.1 Å². The van der Waals surface area contributed by atoms with Gasteiger partial charge in [0.05, 0.1) is 12.5 Å². The van der Waals surface area contributed by atoms with Crippen LogP contribution in [0.25, 0.3) is 0 Å². The number of carboxylic acid groups (broad SMARTS) is 3. The number of aliphatic carboxylic acids is 3. The molecular weight excluding hydrogens is 921 g/mol. The Morgan fingerprint density at radius 1 is 0.571 bits per heavy atom. The van der Waals surface area contributed by atoms with E-state index in [9.17, 15) is 72.9 Å². The lowest BCUT2D eigenvalue weighted by atomic mass is 9.95. The molecule has 70 heavy (non-hydrogen) atoms. The van der Waals surface area contributed by atoms with Gasteiger partial charge in [-0.05, 0) is 83.6 Å². The molecule has 12 N–H and O–H groups in total. The Labute approximate surface area is 407 Å². The van der Waals surface area contributed by atoms with E-state index in [0.717, 1.165) is 6.42 Å². The lowest BCUT2D eigenvalue weighted by Gasteiger charge is -2.30. The highest BCUT2D eigenvalue weighted by molar-refractivity contribution is 5.99. The number of rotatable bonds is 28. The quantitative estimate of drug-likeness (QED) is 0.0397. The fraction of sp³-hybridized carbons (Fsp3) is 0.733. The van der Waals surface area contributed by atoms with Crippen LogP contribution in [-0.2, 0) is 57.5 Å². The third-order valence-corrected chi connectivity index (χ3v) is 12.1. The fourth-order valence-corrected chi connectivity index (χ4v) is 7.77. The summed E-state index contributed by atoms with van der Waals surface area (Å²) in [4.78, 5) is 157. The van der Waals surface area contributed by atoms with Crippen molar-refractivity contribution in [2.24, 2.45) is 17.8 Å². The van der Waals surface area contributed by atoms with E-state index in [-0.39, 0.29) is 31.2 Å². The van der Waals surface area contributed by atoms with E-state index in [1.165, 1.54) is 25.7 Å². The van der Waals surface area contributed by atoms with Crippen LogP contribution in [0.15, 0.2) is 0 Å². The largest absolute Gasteiger partial charge is 0.481 e. The predicted molar refractivity (Wildman–Crippen MR) is 249 cm³/mol. The molecule has 2 aliphatic rings. The van der Waals surface area contributed by atoms with Gasteiger partial charge < -0.3 is 68.1 Å². The van der Waals surface area contributed by atoms with Gasteiger partial charge in [0.2, 0.25) is 53.2 Å². The van der Waals surface area contributed by atoms with Crippen LogP contribution < -0.4 is 47.9 Å². The molecule has 25 nitrogen and oxygen atoms in total. The monoisotopic (exact) mass is 995 g/mol. The third-order valence-electron chi connectivity index (χ3n) is 12.1. The minimum atomic E-state index is -1.76. The first-order chi connectivity index (χ1) is 32.7. The van der Waals surface area contributed by atoms with Crippen molar-refractivity contribution in [3.05, 3.63) is 0 Å². The van der Waals surface area contributed by atoms with Crippen molar-refractivity contribution >= 4 is 71.1 Å². The first kappa shape index (κ1) is 59.7. The first-order valence-corrected chi connectivity index (χ1v) is 23.8. The molecule has 0 spiro atoms. The third kappa shape index (κ3) is 18.8. The van der Waals surface area contributed by atoms with Gasteiger partial charge in [-0.25, -0.2) is 0 Å². The van der Waals surface area contributed by atoms with Crippen LogP contribution in [0, 0.1) is 17.8 Å². The summed E-state index contributed by atoms with van der Waals surface area (Å²) in [6.45, 7) is 14.8. The highest BCUT2D eigenvalue weighted by atomic mass is 16.4. The average Bonchev–Trinajstić information content (AvgIpc) is 4.01. The molecule has 2 saturated heterocycles. The van der Waals surface area contributed by atoms with Crippen LogP contribution in [0.4, 0.5) is 0 Å². The van der Waals surface area contributed by atoms with E-state index < -0.39 is 157 Å². The van der Waals surface area contributed by atoms with Crippen LogP contribution in [0.2, 0.25) is 0 Å². The van der Waals surface area contributed by atoms with Crippen molar-refractivity contribution in [3.63, 3.8) is 0 Å². The van der Waals surface area contributed by atoms with Crippen LogP contribution in [0.5, 0.6) is 0 Å². The normalized spacial score (nSPS) is 19.4. The van der Waals surface area contributed by atoms with Gasteiger partial charge in [-0.3, -0.25) is 57.5 Å². The van der Waals surface area contributed by atoms with Crippen molar-refractivity contribution in [2.45, 2.75) is 181 Å². The van der Waals surface area contributed by atoms with E-state index in [0.29, 0.717) is 25.8 Å². The maximum absolute atomic E-state index is 13.8. The van der Waals surface area contributed by atoms with Gasteiger partial charge in [0, 0.05) is 13.0 Å². The van der Waals surface area contributed by atoms with Gasteiger partial charge in [-0.1, -0.05) is 48.0 Å². The molecule has 0 radical (unpaired) electrons. The Morgan fingerprint density at radius 2 is 1.14 bits per heavy atom. The van der Waals surface area contributed by atoms with Gasteiger partial charge in [0.25, 0.3) is 0 Å². The zero-order valence-corrected chi connectivity index (χ0v) is 41.5. The van der Waals surface area contributed by atoms with Crippen molar-refractivity contribution in [1.29, 1.82) is 0 Å². The lowest BCUT2D eigenvalue weighted by molar-refractivity contribution is -0.143. The molecule has 0 unspecified atom stereocenters. The van der Waals surface area contributed by atoms with Gasteiger partial charge in [0.15, 0.2) is 0 Å². The Balaban J connectivity index is 2.19. The maximum Gasteiger partial charge on any atom is 0.325 e. The van der Waals surface area contributed by atoms with Crippen molar-refractivity contribution in [3.8, 4) is 0 Å². The number of carbonyl (C=O) groups is 12. The molecule has 2 heterocycles. The number of hydrogen-bond donors (Lipinski definition) is 12. The summed E-state index contributed by atoms with van der Waals surface area (Å²) in [7, 11) is 0. The molecule has 0 aromatic heterocycles. The summed E-state index contributed by atoms with van der Waals surface area (Å²) >= 11 is 0. The molecule has 0 bridgehead atoms. The van der Waals surface area contributed by atoms with Crippen molar-refractivity contribution < 1.29 is 72.9 Å². The molecule has 0 aromatic rings. The molecule has 11 atom stereocenters. The molecule has 0 saturated carbocycles. The minimum Gasteiger partial charge on any atom is -0.481 e. The molecule has 394 valence electrons. The topological polar surface area (TPSA) is 377 Å². The second-order valence-corrected chi connectivity index (χ2v) is 18.8. The van der Waals surface area contributed by atoms with E-state index in [1.807, 2.05) is 0 Å². The predicted octanol–water partition coefficient (Wildman–Crippen LogP) is -2.16. The summed E-state index contributed by atoms with van der Waals surface area (Å²) in [5.74, 6) is -12.7. The second-order valence-electron chi connectivity index (χ2n) is 18.8. The number of carboxylic acids is 3. The molecule has 0 aromatic carbocycles. The Hall–Kier alpha value is -6.40. The number of carbonyl (C=O) groups excluding carboxylic acids is 9. The number of amides is 9. The lowest BCUT2D eigenvalue weighted by Crippen LogP contribution is -2.61. The molecule has 0 aliphatic carbocycles. The summed E-state index contributed by atoms with van der Waals surface area (Å²) in [5.41, 5.74) is 0. The first-order valence-electron chi connectivity index (χ1n) is 23.8. The van der Waals surface area contributed by atoms with Gasteiger partial charge in [-0.15, -0.1) is 0 Å². The van der Waals surface area contributed by atoms with E-state index >= 15 is 0 Å². The fourth-order valence-electron chi connectivity index (χ4n) is 7.77. The maximum atomic E-state index is 13.8. The molecule has 2 aliphatic heterocycles. The number of likely N-dealkylation sites (tertiary alicyclic amines) is 1. The Morgan fingerprint density at radius 3 is 1.69 bits per heavy atom. The van der Waals surface area contributed by atoms with Crippen molar-refractivity contribution in [1.82, 2.24) is 52.8 Å². The van der Waals surface area contributed by atoms with Gasteiger partial charge >= 0.3 is 17.9 Å². The standard InChI is InChI=1S/C45H74N10O15/c1-10-23(6)35(43(67)50-28(15-16-32(56)57)38(62)49-26(9)45(69)70)54-42(66)34(22(4)5)53-36(60)24(7)47-39(63)30(20-33(58)59)51-40(64)29(19-21(2)3)52-41(65)31-14-12-18-55(31)44(68)25(8)48-37(61)27-13-11-17-46-27/h21-31,34-35,46H,10-20H2,1-9H3,(H,47,63)(H,48,61)(H,49,62)(H,50,67)(H,51,64)(H,52,65)(H,53,60)(H,54,66)(H,56,57)(H,58,59)(H,69,70)/t23-,24-,25-,26-,27-,28-,29-,30-,31-,34-,35-/m0/s1. The zero-order valence-electron chi connectivity index (χ0n) is 41.5. The Bertz CT molecular complexity index is 1930. The molecular formula is C45H74N10O15. The Kier molecular flexibility index (Phi) is 24.2. The van der Waals surface area contributed by atoms with Gasteiger partial charge in [-0.2, -0.15) is 0 Å². The second kappa shape index (κ2) is 28.3. The van der Waals surface area contributed by atoms with Crippen LogP contribution in [-0.4, -0.2) is 165 Å². The van der Waals surface area contributed by atoms with Gasteiger partial charge in [0.1, 0.15) is 54.4 Å². The summed E-state index contributed by atoms with van der Waals surface area (Å²) < 4.78 is 0. The summed E-state index contributed by atoms with van der Waals surface area (Å²) in [6, 6.07) is -12.4. The SMILES string of the molecule is CC[C@H](C)[C@H](NC(=O)[C@@H](NC(=O)[C@H](C)NC(=O)[C@H](CC(=O)O)NC(=O)[C@H](CC(C)C)NC(=O)[C@@H]1CCCN1C(=O)[C@H](C)NC(=O)[C@@H]1CCCN1)C(C)C)C(=O)N[C@@H](CCC(=O)O)C(=O)N[C@@H](C)C(=O)O. The zero-order chi connectivity index (χ0) is 53.2. The number of nitrogens with one attached hydrogen (secondary N) is 9. The highest BCUT2D eigenvalue weighted by Crippen LogP contribution is 2.20. The molecule has 9 amide bonds. The van der Waals surface area contributed by atoms with E-state index in [4.69, 9.17) is 0 Å². The highest BCUT2D eigenvalue weighted by Gasteiger charge is 2.40. The molecule has 2 fully saturated rings. The van der Waals surface area contributed by atoms with E-state index in [1.54, 1.807) is 41.5 Å². The average molecular weight is 995 g/mol. The minimum absolute atomic E-state index is 0.0459. The summed E-state index contributed by atoms with van der Waals surface area (Å²) in [6.07, 6.45) is 0.635. The number of nitrogens with zero attached hydrogens (tertiary/aromatic N) is 1. The molecule has 2 rings (SSSR count).